The van der Waals surface area contributed by atoms with Gasteiger partial charge < -0.3 is 9.32 Å². The molecule has 3 heterocycles. The summed E-state index contributed by atoms with van der Waals surface area (Å²) in [5.74, 6) is 0.421. The van der Waals surface area contributed by atoms with Crippen LogP contribution in [-0.2, 0) is 11.2 Å². The highest BCUT2D eigenvalue weighted by Crippen LogP contribution is 2.28. The minimum absolute atomic E-state index is 0.136. The monoisotopic (exact) mass is 349 g/mol. The van der Waals surface area contributed by atoms with Crippen LogP contribution in [-0.4, -0.2) is 22.2 Å². The van der Waals surface area contributed by atoms with Crippen molar-refractivity contribution >= 4 is 11.6 Å². The number of aryl methyl sites for hydroxylation is 1. The van der Waals surface area contributed by atoms with Crippen LogP contribution in [0.3, 0.4) is 0 Å². The SMILES string of the molecule is CC(C(=O)N1CCCc2ccccc21)n1nc(-c2ccco2)ccc1=O. The van der Waals surface area contributed by atoms with Crippen molar-refractivity contribution in [2.45, 2.75) is 25.8 Å². The van der Waals surface area contributed by atoms with Crippen LogP contribution in [0.5, 0.6) is 0 Å². The summed E-state index contributed by atoms with van der Waals surface area (Å²) in [6.45, 7) is 2.35. The predicted octanol–water partition coefficient (Wildman–Crippen LogP) is 3.04. The molecule has 0 N–H and O–H groups in total. The smallest absolute Gasteiger partial charge is 0.267 e. The lowest BCUT2D eigenvalue weighted by Crippen LogP contribution is -2.42. The molecule has 0 saturated carbocycles. The van der Waals surface area contributed by atoms with Gasteiger partial charge in [0.15, 0.2) is 5.76 Å². The van der Waals surface area contributed by atoms with Crippen molar-refractivity contribution < 1.29 is 9.21 Å². The Kier molecular flexibility index (Phi) is 4.16. The van der Waals surface area contributed by atoms with E-state index >= 15 is 0 Å². The molecule has 1 aliphatic heterocycles. The summed E-state index contributed by atoms with van der Waals surface area (Å²) in [4.78, 5) is 27.2. The number of hydrogen-bond donors (Lipinski definition) is 0. The molecule has 3 aromatic rings. The third kappa shape index (κ3) is 2.83. The maximum Gasteiger partial charge on any atom is 0.267 e. The standard InChI is InChI=1S/C20H19N3O3/c1-14(20(25)22-12-4-7-15-6-2-3-8-17(15)22)23-19(24)11-10-16(21-23)18-9-5-13-26-18/h2-3,5-6,8-11,13-14H,4,7,12H2,1H3. The fourth-order valence-electron chi connectivity index (χ4n) is 3.35. The van der Waals surface area contributed by atoms with Gasteiger partial charge in [0.25, 0.3) is 11.5 Å². The van der Waals surface area contributed by atoms with Crippen molar-refractivity contribution in [3.8, 4) is 11.5 Å². The summed E-state index contributed by atoms with van der Waals surface area (Å²) in [6, 6.07) is 13.7. The molecule has 4 rings (SSSR count). The molecule has 0 saturated heterocycles. The van der Waals surface area contributed by atoms with E-state index in [1.165, 1.54) is 10.7 Å². The zero-order valence-electron chi connectivity index (χ0n) is 14.5. The molecule has 0 bridgehead atoms. The van der Waals surface area contributed by atoms with Crippen LogP contribution in [0.15, 0.2) is 64.0 Å². The van der Waals surface area contributed by atoms with Gasteiger partial charge in [0.05, 0.1) is 6.26 Å². The largest absolute Gasteiger partial charge is 0.463 e. The molecule has 6 heteroatoms. The lowest BCUT2D eigenvalue weighted by molar-refractivity contribution is -0.121. The summed E-state index contributed by atoms with van der Waals surface area (Å²) in [5, 5.41) is 4.35. The van der Waals surface area contributed by atoms with Crippen LogP contribution in [0.1, 0.15) is 24.9 Å². The van der Waals surface area contributed by atoms with Crippen molar-refractivity contribution in [3.63, 3.8) is 0 Å². The zero-order valence-corrected chi connectivity index (χ0v) is 14.5. The van der Waals surface area contributed by atoms with Gasteiger partial charge in [-0.3, -0.25) is 9.59 Å². The van der Waals surface area contributed by atoms with E-state index < -0.39 is 6.04 Å². The van der Waals surface area contributed by atoms with Crippen LogP contribution in [0.4, 0.5) is 5.69 Å². The first-order valence-corrected chi connectivity index (χ1v) is 8.68. The number of anilines is 1. The van der Waals surface area contributed by atoms with Gasteiger partial charge in [0.2, 0.25) is 0 Å². The Hall–Kier alpha value is -3.15. The lowest BCUT2D eigenvalue weighted by atomic mass is 10.0. The number of fused-ring (bicyclic) bond motifs is 1. The van der Waals surface area contributed by atoms with E-state index in [9.17, 15) is 9.59 Å². The highest BCUT2D eigenvalue weighted by atomic mass is 16.3. The molecule has 6 nitrogen and oxygen atoms in total. The van der Waals surface area contributed by atoms with Crippen molar-refractivity contribution in [2.75, 3.05) is 11.4 Å². The molecular weight excluding hydrogens is 330 g/mol. The Morgan fingerprint density at radius 3 is 2.81 bits per heavy atom. The molecule has 2 aromatic heterocycles. The van der Waals surface area contributed by atoms with Gasteiger partial charge in [-0.1, -0.05) is 18.2 Å². The Morgan fingerprint density at radius 1 is 1.15 bits per heavy atom. The number of hydrogen-bond acceptors (Lipinski definition) is 4. The number of amides is 1. The molecule has 0 fully saturated rings. The predicted molar refractivity (Wildman–Crippen MR) is 98.0 cm³/mol. The number of aromatic nitrogens is 2. The number of rotatable bonds is 3. The average molecular weight is 349 g/mol. The maximum atomic E-state index is 13.1. The van der Waals surface area contributed by atoms with Crippen molar-refractivity contribution in [3.05, 3.63) is 70.7 Å². The molecule has 1 atom stereocenters. The molecule has 1 unspecified atom stereocenters. The molecule has 26 heavy (non-hydrogen) atoms. The van der Waals surface area contributed by atoms with E-state index in [1.807, 2.05) is 24.3 Å². The minimum atomic E-state index is -0.705. The van der Waals surface area contributed by atoms with E-state index in [2.05, 4.69) is 5.10 Å². The minimum Gasteiger partial charge on any atom is -0.463 e. The quantitative estimate of drug-likeness (QED) is 0.729. The molecule has 0 spiro atoms. The molecule has 1 aromatic carbocycles. The van der Waals surface area contributed by atoms with E-state index in [1.54, 1.807) is 36.3 Å². The second-order valence-electron chi connectivity index (χ2n) is 6.38. The van der Waals surface area contributed by atoms with Gasteiger partial charge in [-0.05, 0) is 49.6 Å². The van der Waals surface area contributed by atoms with Crippen molar-refractivity contribution in [1.29, 1.82) is 0 Å². The third-order valence-corrected chi connectivity index (χ3v) is 4.70. The van der Waals surface area contributed by atoms with Gasteiger partial charge in [0.1, 0.15) is 11.7 Å². The van der Waals surface area contributed by atoms with E-state index in [0.717, 1.165) is 24.1 Å². The fourth-order valence-corrected chi connectivity index (χ4v) is 3.35. The van der Waals surface area contributed by atoms with Gasteiger partial charge >= 0.3 is 0 Å². The number of carbonyl (C=O) groups excluding carboxylic acids is 1. The summed E-state index contributed by atoms with van der Waals surface area (Å²) >= 11 is 0. The highest BCUT2D eigenvalue weighted by Gasteiger charge is 2.28. The number of nitrogens with zero attached hydrogens (tertiary/aromatic N) is 3. The first kappa shape index (κ1) is 16.3. The normalized spacial score (nSPS) is 14.7. The second-order valence-corrected chi connectivity index (χ2v) is 6.38. The van der Waals surface area contributed by atoms with Crippen LogP contribution < -0.4 is 10.5 Å². The summed E-state index contributed by atoms with van der Waals surface area (Å²) in [7, 11) is 0. The first-order valence-electron chi connectivity index (χ1n) is 8.68. The van der Waals surface area contributed by atoms with Crippen LogP contribution in [0.25, 0.3) is 11.5 Å². The summed E-state index contributed by atoms with van der Waals surface area (Å²) in [5.41, 5.74) is 2.29. The molecule has 0 radical (unpaired) electrons. The van der Waals surface area contributed by atoms with E-state index in [-0.39, 0.29) is 11.5 Å². The van der Waals surface area contributed by atoms with Gasteiger partial charge in [-0.2, -0.15) is 5.10 Å². The number of benzene rings is 1. The summed E-state index contributed by atoms with van der Waals surface area (Å²) in [6.07, 6.45) is 3.41. The molecule has 1 aliphatic rings. The van der Waals surface area contributed by atoms with E-state index in [0.29, 0.717) is 18.0 Å². The molecule has 1 amide bonds. The topological polar surface area (TPSA) is 68.3 Å². The maximum absolute atomic E-state index is 13.1. The molecule has 0 aliphatic carbocycles. The lowest BCUT2D eigenvalue weighted by Gasteiger charge is -2.31. The highest BCUT2D eigenvalue weighted by molar-refractivity contribution is 5.97. The fraction of sp³-hybridized carbons (Fsp3) is 0.250. The van der Waals surface area contributed by atoms with Gasteiger partial charge in [0, 0.05) is 18.3 Å². The first-order chi connectivity index (χ1) is 12.6. The Bertz CT molecular complexity index is 992. The van der Waals surface area contributed by atoms with Crippen LogP contribution >= 0.6 is 0 Å². The van der Waals surface area contributed by atoms with E-state index in [4.69, 9.17) is 4.42 Å². The Labute approximate surface area is 150 Å². The van der Waals surface area contributed by atoms with Crippen LogP contribution in [0.2, 0.25) is 0 Å². The zero-order chi connectivity index (χ0) is 18.1. The Morgan fingerprint density at radius 2 is 2.00 bits per heavy atom. The van der Waals surface area contributed by atoms with Gasteiger partial charge in [-0.15, -0.1) is 0 Å². The summed E-state index contributed by atoms with van der Waals surface area (Å²) < 4.78 is 6.58. The molecular formula is C20H19N3O3. The van der Waals surface area contributed by atoms with Crippen molar-refractivity contribution in [2.24, 2.45) is 0 Å². The average Bonchev–Trinajstić information content (AvgIpc) is 3.21. The third-order valence-electron chi connectivity index (χ3n) is 4.70. The second kappa shape index (κ2) is 6.63. The van der Waals surface area contributed by atoms with Crippen LogP contribution in [0, 0.1) is 0 Å². The Balaban J connectivity index is 1.68. The number of para-hydroxylation sites is 1. The number of carbonyl (C=O) groups is 1. The number of furan rings is 1. The van der Waals surface area contributed by atoms with Gasteiger partial charge in [-0.25, -0.2) is 4.68 Å². The molecule has 132 valence electrons. The van der Waals surface area contributed by atoms with Crippen molar-refractivity contribution in [1.82, 2.24) is 9.78 Å².